The zero-order chi connectivity index (χ0) is 25.2. The van der Waals surface area contributed by atoms with Crippen LogP contribution in [-0.4, -0.2) is 55.5 Å². The number of halogens is 1. The van der Waals surface area contributed by atoms with Gasteiger partial charge in [0.25, 0.3) is 0 Å². The minimum Gasteiger partial charge on any atom is -0.497 e. The van der Waals surface area contributed by atoms with Gasteiger partial charge in [-0.05, 0) is 48.9 Å². The number of likely N-dealkylation sites (tertiary alicyclic amines) is 1. The molecule has 1 atom stereocenters. The third-order valence-corrected chi connectivity index (χ3v) is 6.72. The number of aromatic nitrogens is 5. The second-order valence-electron chi connectivity index (χ2n) is 9.03. The number of oxazole rings is 1. The molecule has 1 aliphatic rings. The Bertz CT molecular complexity index is 1390. The smallest absolute Gasteiger partial charge is 0.312 e. The van der Waals surface area contributed by atoms with Gasteiger partial charge in [-0.2, -0.15) is 14.4 Å². The van der Waals surface area contributed by atoms with E-state index in [-0.39, 0.29) is 11.7 Å². The summed E-state index contributed by atoms with van der Waals surface area (Å²) < 4.78 is 27.1. The summed E-state index contributed by atoms with van der Waals surface area (Å²) in [7, 11) is 1.60. The van der Waals surface area contributed by atoms with Crippen LogP contribution in [0.15, 0.2) is 35.1 Å². The molecule has 0 aliphatic carbocycles. The second kappa shape index (κ2) is 9.92. The lowest BCUT2D eigenvalue weighted by Gasteiger charge is -2.32. The number of anilines is 1. The van der Waals surface area contributed by atoms with Gasteiger partial charge in [-0.3, -0.25) is 4.79 Å². The summed E-state index contributed by atoms with van der Waals surface area (Å²) in [5, 5.41) is 0. The Hall–Kier alpha value is -4.02. The van der Waals surface area contributed by atoms with Crippen molar-refractivity contribution < 1.29 is 18.3 Å². The molecule has 1 aliphatic heterocycles. The maximum atomic E-state index is 14.2. The standard InChI is InChI=1S/C25H28FN7O3/c1-15(34)32-9-3-4-16(14-32)7-10-33-20(29-21-22(27)30-25(26)31-23(21)33)13-17-12-18(35-2)5-6-19(17)24-28-8-11-36-24/h5-6,8,11-12,16H,3-4,7,9-10,13-14H2,1-2H3,(H2,27,30,31). The number of hydrogen-bond donors (Lipinski definition) is 1. The van der Waals surface area contributed by atoms with Crippen molar-refractivity contribution in [2.45, 2.75) is 39.2 Å². The molecule has 5 rings (SSSR count). The number of rotatable bonds is 7. The Kier molecular flexibility index (Phi) is 6.53. The van der Waals surface area contributed by atoms with Gasteiger partial charge >= 0.3 is 6.08 Å². The van der Waals surface area contributed by atoms with Crippen LogP contribution in [0.25, 0.3) is 22.6 Å². The molecule has 0 bridgehead atoms. The van der Waals surface area contributed by atoms with E-state index in [4.69, 9.17) is 19.9 Å². The number of imidazole rings is 1. The minimum absolute atomic E-state index is 0.00325. The van der Waals surface area contributed by atoms with E-state index in [2.05, 4.69) is 15.0 Å². The predicted octanol–water partition coefficient (Wildman–Crippen LogP) is 3.45. The molecule has 1 aromatic carbocycles. The summed E-state index contributed by atoms with van der Waals surface area (Å²) in [5.41, 5.74) is 8.41. The van der Waals surface area contributed by atoms with Gasteiger partial charge in [0.05, 0.1) is 13.3 Å². The number of carbonyl (C=O) groups excluding carboxylic acids is 1. The lowest BCUT2D eigenvalue weighted by Crippen LogP contribution is -2.38. The van der Waals surface area contributed by atoms with Crippen LogP contribution >= 0.6 is 0 Å². The molecule has 1 amide bonds. The Morgan fingerprint density at radius 3 is 2.92 bits per heavy atom. The van der Waals surface area contributed by atoms with E-state index in [0.717, 1.165) is 36.9 Å². The number of fused-ring (bicyclic) bond motifs is 1. The van der Waals surface area contributed by atoms with E-state index in [9.17, 15) is 9.18 Å². The fourth-order valence-corrected chi connectivity index (χ4v) is 4.89. The summed E-state index contributed by atoms with van der Waals surface area (Å²) in [6.45, 7) is 3.66. The number of nitrogen functional groups attached to an aromatic ring is 1. The first kappa shape index (κ1) is 23.7. The highest BCUT2D eigenvalue weighted by atomic mass is 19.1. The third-order valence-electron chi connectivity index (χ3n) is 6.72. The molecule has 3 aromatic heterocycles. The fourth-order valence-electron chi connectivity index (χ4n) is 4.89. The average molecular weight is 494 g/mol. The maximum Gasteiger partial charge on any atom is 0.312 e. The van der Waals surface area contributed by atoms with E-state index in [1.165, 1.54) is 6.26 Å². The number of methoxy groups -OCH3 is 1. The number of nitrogens with two attached hydrogens (primary N) is 1. The summed E-state index contributed by atoms with van der Waals surface area (Å²) in [4.78, 5) is 30.5. The summed E-state index contributed by atoms with van der Waals surface area (Å²) in [6, 6.07) is 5.64. The van der Waals surface area contributed by atoms with Crippen molar-refractivity contribution in [2.75, 3.05) is 25.9 Å². The van der Waals surface area contributed by atoms with Gasteiger partial charge < -0.3 is 24.4 Å². The Labute approximate surface area is 207 Å². The number of amides is 1. The number of ether oxygens (including phenoxy) is 1. The normalized spacial score (nSPS) is 16.0. The Morgan fingerprint density at radius 2 is 2.17 bits per heavy atom. The Morgan fingerprint density at radius 1 is 1.31 bits per heavy atom. The highest BCUT2D eigenvalue weighted by Gasteiger charge is 2.24. The lowest BCUT2D eigenvalue weighted by atomic mass is 9.94. The van der Waals surface area contributed by atoms with Gasteiger partial charge in [-0.15, -0.1) is 0 Å². The molecule has 0 spiro atoms. The molecular formula is C25H28FN7O3. The molecule has 4 aromatic rings. The highest BCUT2D eigenvalue weighted by Crippen LogP contribution is 2.30. The molecule has 36 heavy (non-hydrogen) atoms. The van der Waals surface area contributed by atoms with Gasteiger partial charge in [0.2, 0.25) is 11.8 Å². The van der Waals surface area contributed by atoms with E-state index < -0.39 is 6.08 Å². The first-order valence-corrected chi connectivity index (χ1v) is 11.9. The first-order chi connectivity index (χ1) is 17.4. The minimum atomic E-state index is -0.894. The number of carbonyl (C=O) groups is 1. The van der Waals surface area contributed by atoms with Crippen molar-refractivity contribution in [1.82, 2.24) is 29.4 Å². The maximum absolute atomic E-state index is 14.2. The third kappa shape index (κ3) is 4.73. The van der Waals surface area contributed by atoms with E-state index in [1.54, 1.807) is 20.2 Å². The van der Waals surface area contributed by atoms with Gasteiger partial charge in [-0.1, -0.05) is 0 Å². The quantitative estimate of drug-likeness (QED) is 0.388. The average Bonchev–Trinajstić information content (AvgIpc) is 3.51. The van der Waals surface area contributed by atoms with Crippen LogP contribution in [0, 0.1) is 12.0 Å². The van der Waals surface area contributed by atoms with Crippen molar-refractivity contribution in [3.63, 3.8) is 0 Å². The van der Waals surface area contributed by atoms with Crippen molar-refractivity contribution in [1.29, 1.82) is 0 Å². The second-order valence-corrected chi connectivity index (χ2v) is 9.03. The van der Waals surface area contributed by atoms with Crippen LogP contribution in [-0.2, 0) is 17.8 Å². The number of hydrogen-bond acceptors (Lipinski definition) is 8. The van der Waals surface area contributed by atoms with Crippen LogP contribution in [0.2, 0.25) is 0 Å². The number of nitrogens with zero attached hydrogens (tertiary/aromatic N) is 6. The number of benzene rings is 1. The van der Waals surface area contributed by atoms with Gasteiger partial charge in [0.15, 0.2) is 17.0 Å². The molecule has 4 heterocycles. The molecule has 1 unspecified atom stereocenters. The molecule has 11 heteroatoms. The van der Waals surface area contributed by atoms with E-state index in [0.29, 0.717) is 54.1 Å². The number of aryl methyl sites for hydroxylation is 1. The van der Waals surface area contributed by atoms with Crippen LogP contribution in [0.3, 0.4) is 0 Å². The topological polar surface area (TPSA) is 125 Å². The lowest BCUT2D eigenvalue weighted by molar-refractivity contribution is -0.130. The molecule has 2 N–H and O–H groups in total. The molecular weight excluding hydrogens is 465 g/mol. The van der Waals surface area contributed by atoms with Crippen molar-refractivity contribution in [3.05, 3.63) is 48.1 Å². The summed E-state index contributed by atoms with van der Waals surface area (Å²) in [6.07, 6.45) is 5.39. The SMILES string of the molecule is COc1ccc(-c2ncco2)c(Cc2nc3c(N)nc(F)nc3n2CCC2CCCN(C(C)=O)C2)c1. The van der Waals surface area contributed by atoms with Crippen LogP contribution in [0.4, 0.5) is 10.2 Å². The van der Waals surface area contributed by atoms with E-state index >= 15 is 0 Å². The fraction of sp³-hybridized carbons (Fsp3) is 0.400. The Balaban J connectivity index is 1.51. The van der Waals surface area contributed by atoms with Gasteiger partial charge in [0, 0.05) is 38.5 Å². The highest BCUT2D eigenvalue weighted by molar-refractivity contribution is 5.82. The monoisotopic (exact) mass is 493 g/mol. The predicted molar refractivity (Wildman–Crippen MR) is 131 cm³/mol. The van der Waals surface area contributed by atoms with Gasteiger partial charge in [-0.25, -0.2) is 9.97 Å². The van der Waals surface area contributed by atoms with Crippen LogP contribution in [0.1, 0.15) is 37.6 Å². The number of piperidine rings is 1. The molecule has 188 valence electrons. The molecule has 10 nitrogen and oxygen atoms in total. The molecule has 0 radical (unpaired) electrons. The van der Waals surface area contributed by atoms with Gasteiger partial charge in [0.1, 0.15) is 17.8 Å². The van der Waals surface area contributed by atoms with Crippen molar-refractivity contribution in [3.8, 4) is 17.2 Å². The molecule has 0 saturated carbocycles. The van der Waals surface area contributed by atoms with Crippen LogP contribution < -0.4 is 10.5 Å². The zero-order valence-electron chi connectivity index (χ0n) is 20.3. The van der Waals surface area contributed by atoms with Crippen molar-refractivity contribution in [2.24, 2.45) is 5.92 Å². The van der Waals surface area contributed by atoms with Crippen LogP contribution in [0.5, 0.6) is 5.75 Å². The molecule has 1 saturated heterocycles. The zero-order valence-corrected chi connectivity index (χ0v) is 20.3. The van der Waals surface area contributed by atoms with Crippen molar-refractivity contribution >= 4 is 22.9 Å². The largest absolute Gasteiger partial charge is 0.497 e. The first-order valence-electron chi connectivity index (χ1n) is 11.9. The van der Waals surface area contributed by atoms with E-state index in [1.807, 2.05) is 27.7 Å². The summed E-state index contributed by atoms with van der Waals surface area (Å²) in [5.74, 6) is 2.24. The summed E-state index contributed by atoms with van der Waals surface area (Å²) >= 11 is 0. The molecule has 1 fully saturated rings.